The second kappa shape index (κ2) is 10.3. The summed E-state index contributed by atoms with van der Waals surface area (Å²) in [6, 6.07) is 35.3. The maximum Gasteiger partial charge on any atom is 0.261 e. The van der Waals surface area contributed by atoms with E-state index in [4.69, 9.17) is 0 Å². The number of carbonyl (C=O) groups excluding carboxylic acids is 1. The van der Waals surface area contributed by atoms with Crippen LogP contribution >= 0.6 is 0 Å². The monoisotopic (exact) mass is 533 g/mol. The van der Waals surface area contributed by atoms with E-state index in [2.05, 4.69) is 39.2 Å². The number of nitrogens with one attached hydrogen (secondary N) is 2. The minimum atomic E-state index is -3.80. The summed E-state index contributed by atoms with van der Waals surface area (Å²) in [5.74, 6) is -0.252. The number of hydrogen-bond acceptors (Lipinski definition) is 4. The van der Waals surface area contributed by atoms with Gasteiger partial charge in [-0.25, -0.2) is 8.42 Å². The number of benzene rings is 5. The van der Waals surface area contributed by atoms with Crippen molar-refractivity contribution in [2.45, 2.75) is 17.9 Å². The van der Waals surface area contributed by atoms with Crippen LogP contribution in [0.1, 0.15) is 21.5 Å². The Kier molecular flexibility index (Phi) is 6.50. The topological polar surface area (TPSA) is 78.5 Å². The van der Waals surface area contributed by atoms with Gasteiger partial charge in [0.1, 0.15) is 0 Å². The van der Waals surface area contributed by atoms with Crippen molar-refractivity contribution in [3.8, 4) is 0 Å². The van der Waals surface area contributed by atoms with E-state index in [1.54, 1.807) is 18.2 Å². The number of sulfonamides is 1. The first-order valence-corrected chi connectivity index (χ1v) is 14.3. The van der Waals surface area contributed by atoms with Crippen LogP contribution in [-0.2, 0) is 23.0 Å². The summed E-state index contributed by atoms with van der Waals surface area (Å²) in [4.78, 5) is 15.3. The van der Waals surface area contributed by atoms with Gasteiger partial charge in [0.2, 0.25) is 0 Å². The van der Waals surface area contributed by atoms with Gasteiger partial charge in [0, 0.05) is 35.4 Å². The molecule has 39 heavy (non-hydrogen) atoms. The quantitative estimate of drug-likeness (QED) is 0.252. The highest BCUT2D eigenvalue weighted by atomic mass is 32.2. The Bertz CT molecular complexity index is 1760. The summed E-state index contributed by atoms with van der Waals surface area (Å²) >= 11 is 0. The molecular formula is C32H27N3O3S. The first kappa shape index (κ1) is 24.7. The molecule has 6 nitrogen and oxygen atoms in total. The normalized spacial score (nSPS) is 12.8. The fraction of sp³-hybridized carbons (Fsp3) is 0.0938. The van der Waals surface area contributed by atoms with Crippen LogP contribution in [0, 0.1) is 0 Å². The van der Waals surface area contributed by atoms with Crippen LogP contribution in [0.4, 0.5) is 17.1 Å². The maximum atomic E-state index is 13.0. The van der Waals surface area contributed by atoms with Crippen molar-refractivity contribution < 1.29 is 13.2 Å². The molecule has 0 saturated carbocycles. The van der Waals surface area contributed by atoms with E-state index in [1.165, 1.54) is 23.4 Å². The van der Waals surface area contributed by atoms with E-state index >= 15 is 0 Å². The molecule has 0 saturated heterocycles. The zero-order valence-corrected chi connectivity index (χ0v) is 22.0. The Morgan fingerprint density at radius 3 is 2.31 bits per heavy atom. The molecule has 0 radical (unpaired) electrons. The molecule has 0 aromatic heterocycles. The smallest absolute Gasteiger partial charge is 0.261 e. The van der Waals surface area contributed by atoms with E-state index < -0.39 is 10.0 Å². The first-order chi connectivity index (χ1) is 19.0. The van der Waals surface area contributed by atoms with Crippen LogP contribution in [0.15, 0.2) is 120 Å². The van der Waals surface area contributed by atoms with Gasteiger partial charge in [-0.3, -0.25) is 9.52 Å². The number of hydrogen-bond donors (Lipinski definition) is 2. The molecule has 1 aliphatic rings. The van der Waals surface area contributed by atoms with Gasteiger partial charge in [-0.2, -0.15) is 0 Å². The molecule has 1 amide bonds. The van der Waals surface area contributed by atoms with E-state index in [0.29, 0.717) is 16.9 Å². The molecule has 0 bridgehead atoms. The predicted molar refractivity (Wildman–Crippen MR) is 157 cm³/mol. The Morgan fingerprint density at radius 1 is 0.769 bits per heavy atom. The van der Waals surface area contributed by atoms with Crippen molar-refractivity contribution in [2.24, 2.45) is 0 Å². The predicted octanol–water partition coefficient (Wildman–Crippen LogP) is 6.46. The van der Waals surface area contributed by atoms with Crippen LogP contribution in [0.5, 0.6) is 0 Å². The third-order valence-electron chi connectivity index (χ3n) is 7.03. The van der Waals surface area contributed by atoms with E-state index in [-0.39, 0.29) is 10.8 Å². The lowest BCUT2D eigenvalue weighted by molar-refractivity contribution is 0.102. The number of carbonyl (C=O) groups is 1. The fourth-order valence-corrected chi connectivity index (χ4v) is 6.07. The second-order valence-corrected chi connectivity index (χ2v) is 11.3. The molecule has 1 heterocycles. The second-order valence-electron chi connectivity index (χ2n) is 9.61. The largest absolute Gasteiger partial charge is 0.367 e. The van der Waals surface area contributed by atoms with E-state index in [9.17, 15) is 13.2 Å². The van der Waals surface area contributed by atoms with Crippen LogP contribution in [0.25, 0.3) is 10.8 Å². The first-order valence-electron chi connectivity index (χ1n) is 12.8. The highest BCUT2D eigenvalue weighted by Gasteiger charge is 2.19. The lowest BCUT2D eigenvalue weighted by atomic mass is 10.1. The number of rotatable bonds is 7. The fourth-order valence-electron chi connectivity index (χ4n) is 4.99. The number of nitrogens with zero attached hydrogens (tertiary/aromatic N) is 1. The van der Waals surface area contributed by atoms with Gasteiger partial charge in [0.15, 0.2) is 0 Å². The third kappa shape index (κ3) is 5.22. The average molecular weight is 534 g/mol. The molecule has 5 aromatic carbocycles. The van der Waals surface area contributed by atoms with Gasteiger partial charge in [-0.15, -0.1) is 0 Å². The molecule has 0 unspecified atom stereocenters. The molecule has 1 aliphatic heterocycles. The van der Waals surface area contributed by atoms with Crippen molar-refractivity contribution in [1.29, 1.82) is 0 Å². The van der Waals surface area contributed by atoms with Crippen molar-refractivity contribution in [2.75, 3.05) is 21.5 Å². The highest BCUT2D eigenvalue weighted by molar-refractivity contribution is 7.92. The average Bonchev–Trinajstić information content (AvgIpc) is 3.36. The Labute approximate surface area is 228 Å². The number of amides is 1. The molecular weight excluding hydrogens is 506 g/mol. The van der Waals surface area contributed by atoms with Gasteiger partial charge in [-0.05, 0) is 71.5 Å². The summed E-state index contributed by atoms with van der Waals surface area (Å²) in [6.45, 7) is 1.78. The minimum absolute atomic E-state index is 0.112. The molecule has 194 valence electrons. The highest BCUT2D eigenvalue weighted by Crippen LogP contribution is 2.29. The van der Waals surface area contributed by atoms with E-state index in [1.807, 2.05) is 60.7 Å². The Hall–Kier alpha value is -4.62. The summed E-state index contributed by atoms with van der Waals surface area (Å²) in [5, 5.41) is 4.62. The maximum absolute atomic E-state index is 13.0. The molecule has 0 aliphatic carbocycles. The van der Waals surface area contributed by atoms with Gasteiger partial charge in [-0.1, -0.05) is 66.7 Å². The van der Waals surface area contributed by atoms with Crippen molar-refractivity contribution in [3.63, 3.8) is 0 Å². The van der Waals surface area contributed by atoms with Crippen molar-refractivity contribution in [3.05, 3.63) is 132 Å². The van der Waals surface area contributed by atoms with Gasteiger partial charge in [0.05, 0.1) is 10.6 Å². The van der Waals surface area contributed by atoms with Gasteiger partial charge in [0.25, 0.3) is 15.9 Å². The van der Waals surface area contributed by atoms with Crippen LogP contribution in [0.3, 0.4) is 0 Å². The summed E-state index contributed by atoms with van der Waals surface area (Å²) in [6.07, 6.45) is 1.05. The standard InChI is InChI=1S/C32H27N3O3S/c36-32(26-14-12-23(13-15-26)22-35-21-20-25-7-2-4-11-31(25)35)33-27-16-18-28(19-17-27)39(37,38)34-30-10-5-8-24-6-1-3-9-29(24)30/h1-19,34H,20-22H2,(H,33,36). The molecule has 2 N–H and O–H groups in total. The SMILES string of the molecule is O=C(Nc1ccc(S(=O)(=O)Nc2cccc3ccccc23)cc1)c1ccc(CN2CCc3ccccc32)cc1. The van der Waals surface area contributed by atoms with E-state index in [0.717, 1.165) is 35.8 Å². The molecule has 7 heteroatoms. The molecule has 6 rings (SSSR count). The molecule has 5 aromatic rings. The number of fused-ring (bicyclic) bond motifs is 2. The number of anilines is 3. The molecule has 0 spiro atoms. The summed E-state index contributed by atoms with van der Waals surface area (Å²) < 4.78 is 28.7. The van der Waals surface area contributed by atoms with Crippen molar-refractivity contribution in [1.82, 2.24) is 0 Å². The summed E-state index contributed by atoms with van der Waals surface area (Å²) in [7, 11) is -3.80. The minimum Gasteiger partial charge on any atom is -0.367 e. The molecule has 0 fully saturated rings. The van der Waals surface area contributed by atoms with Gasteiger partial charge >= 0.3 is 0 Å². The zero-order chi connectivity index (χ0) is 26.8. The van der Waals surface area contributed by atoms with Crippen molar-refractivity contribution >= 4 is 43.8 Å². The third-order valence-corrected chi connectivity index (χ3v) is 8.41. The van der Waals surface area contributed by atoms with Crippen LogP contribution in [-0.4, -0.2) is 20.9 Å². The van der Waals surface area contributed by atoms with Crippen LogP contribution < -0.4 is 14.9 Å². The van der Waals surface area contributed by atoms with Crippen LogP contribution in [0.2, 0.25) is 0 Å². The lowest BCUT2D eigenvalue weighted by Crippen LogP contribution is -2.19. The Balaban J connectivity index is 1.10. The Morgan fingerprint density at radius 2 is 1.49 bits per heavy atom. The van der Waals surface area contributed by atoms with Gasteiger partial charge < -0.3 is 10.2 Å². The lowest BCUT2D eigenvalue weighted by Gasteiger charge is -2.19. The molecule has 0 atom stereocenters. The number of para-hydroxylation sites is 1. The summed E-state index contributed by atoms with van der Waals surface area (Å²) in [5.41, 5.74) is 5.35. The zero-order valence-electron chi connectivity index (χ0n) is 21.2.